The maximum atomic E-state index is 13.2. The average Bonchev–Trinajstić information content (AvgIpc) is 3.46. The van der Waals surface area contributed by atoms with Crippen LogP contribution in [0.4, 0.5) is 4.79 Å². The molecule has 0 radical (unpaired) electrons. The molecule has 186 valence electrons. The summed E-state index contributed by atoms with van der Waals surface area (Å²) in [5.74, 6) is 1.37. The molecule has 0 spiro atoms. The number of aromatic nitrogens is 2. The van der Waals surface area contributed by atoms with Crippen molar-refractivity contribution in [2.45, 2.75) is 30.0 Å². The van der Waals surface area contributed by atoms with Crippen LogP contribution >= 0.6 is 23.1 Å². The van der Waals surface area contributed by atoms with E-state index >= 15 is 0 Å². The molecule has 3 amide bonds. The van der Waals surface area contributed by atoms with Gasteiger partial charge in [0.05, 0.1) is 0 Å². The molecule has 2 fully saturated rings. The fourth-order valence-corrected chi connectivity index (χ4v) is 6.59. The molecule has 1 aromatic heterocycles. The summed E-state index contributed by atoms with van der Waals surface area (Å²) < 4.78 is 0.922. The van der Waals surface area contributed by atoms with Crippen molar-refractivity contribution in [2.24, 2.45) is 4.99 Å². The standard InChI is InChI=1S/C23H30N8O2S2/c1-16-25-26-22(35-16)34-14-13-31-18-19(27(2)23(33)28(3)20(18)32)24-21(31)30-11-9-29(10-12-30)15-17-7-5-4-6-8-17/h4-8,18-19H,9-15H2,1-3H3. The monoisotopic (exact) mass is 514 g/mol. The van der Waals surface area contributed by atoms with E-state index in [9.17, 15) is 9.59 Å². The lowest BCUT2D eigenvalue weighted by Crippen LogP contribution is -2.65. The second-order valence-electron chi connectivity index (χ2n) is 8.96. The maximum absolute atomic E-state index is 13.2. The SMILES string of the molecule is Cc1nnc(SCCN2C(N3CCN(Cc4ccccc4)CC3)=NC3C2C(=O)N(C)C(=O)N3C)s1. The van der Waals surface area contributed by atoms with Crippen molar-refractivity contribution >= 4 is 41.0 Å². The number of nitrogens with zero attached hydrogens (tertiary/aromatic N) is 8. The zero-order chi connectivity index (χ0) is 24.5. The van der Waals surface area contributed by atoms with E-state index in [4.69, 9.17) is 4.99 Å². The number of piperazine rings is 1. The molecule has 35 heavy (non-hydrogen) atoms. The molecule has 2 saturated heterocycles. The number of likely N-dealkylation sites (N-methyl/N-ethyl adjacent to an activating group) is 2. The third kappa shape index (κ3) is 4.87. The van der Waals surface area contributed by atoms with E-state index in [1.165, 1.54) is 10.5 Å². The Bertz CT molecular complexity index is 1100. The summed E-state index contributed by atoms with van der Waals surface area (Å²) in [6.07, 6.45) is -0.502. The molecule has 4 heterocycles. The summed E-state index contributed by atoms with van der Waals surface area (Å²) >= 11 is 3.21. The highest BCUT2D eigenvalue weighted by Gasteiger charge is 2.52. The predicted octanol–water partition coefficient (Wildman–Crippen LogP) is 1.65. The maximum Gasteiger partial charge on any atom is 0.328 e. The van der Waals surface area contributed by atoms with Crippen molar-refractivity contribution in [1.82, 2.24) is 34.7 Å². The first-order valence-electron chi connectivity index (χ1n) is 11.8. The van der Waals surface area contributed by atoms with E-state index in [0.29, 0.717) is 6.54 Å². The van der Waals surface area contributed by atoms with Gasteiger partial charge in [-0.3, -0.25) is 14.6 Å². The average molecular weight is 515 g/mol. The van der Waals surface area contributed by atoms with Gasteiger partial charge in [0, 0.05) is 59.1 Å². The van der Waals surface area contributed by atoms with Crippen molar-refractivity contribution in [3.8, 4) is 0 Å². The molecule has 0 aliphatic carbocycles. The quantitative estimate of drug-likeness (QED) is 0.538. The molecular weight excluding hydrogens is 484 g/mol. The molecule has 0 bridgehead atoms. The van der Waals surface area contributed by atoms with E-state index in [-0.39, 0.29) is 11.9 Å². The fraction of sp³-hybridized carbons (Fsp3) is 0.522. The summed E-state index contributed by atoms with van der Waals surface area (Å²) in [6, 6.07) is 9.69. The molecule has 3 aliphatic heterocycles. The second kappa shape index (κ2) is 10.1. The van der Waals surface area contributed by atoms with Gasteiger partial charge in [-0.1, -0.05) is 53.4 Å². The van der Waals surface area contributed by atoms with E-state index in [2.05, 4.69) is 49.2 Å². The smallest absolute Gasteiger partial charge is 0.328 e. The third-order valence-electron chi connectivity index (χ3n) is 6.66. The number of fused-ring (bicyclic) bond motifs is 1. The number of carbonyl (C=O) groups excluding carboxylic acids is 2. The van der Waals surface area contributed by atoms with Gasteiger partial charge < -0.3 is 14.7 Å². The summed E-state index contributed by atoms with van der Waals surface area (Å²) in [6.45, 7) is 6.98. The predicted molar refractivity (Wildman–Crippen MR) is 136 cm³/mol. The zero-order valence-electron chi connectivity index (χ0n) is 20.2. The van der Waals surface area contributed by atoms with E-state index in [1.807, 2.05) is 13.0 Å². The molecule has 0 N–H and O–H groups in total. The lowest BCUT2D eigenvalue weighted by Gasteiger charge is -2.42. The van der Waals surface area contributed by atoms with Crippen LogP contribution in [0.15, 0.2) is 39.7 Å². The number of hydrogen-bond acceptors (Lipinski definition) is 10. The Morgan fingerprint density at radius 2 is 1.80 bits per heavy atom. The van der Waals surface area contributed by atoms with Crippen LogP contribution in [-0.4, -0.2) is 117 Å². The van der Waals surface area contributed by atoms with Crippen LogP contribution in [0.3, 0.4) is 0 Å². The highest BCUT2D eigenvalue weighted by molar-refractivity contribution is 8.01. The van der Waals surface area contributed by atoms with Crippen LogP contribution in [0.1, 0.15) is 10.6 Å². The van der Waals surface area contributed by atoms with Crippen LogP contribution in [0.25, 0.3) is 0 Å². The van der Waals surface area contributed by atoms with Gasteiger partial charge in [-0.15, -0.1) is 10.2 Å². The molecule has 2 atom stereocenters. The minimum absolute atomic E-state index is 0.198. The first kappa shape index (κ1) is 24.0. The number of rotatable bonds is 6. The van der Waals surface area contributed by atoms with Crippen molar-refractivity contribution in [1.29, 1.82) is 0 Å². The molecule has 2 aromatic rings. The van der Waals surface area contributed by atoms with E-state index < -0.39 is 12.2 Å². The molecule has 5 rings (SSSR count). The van der Waals surface area contributed by atoms with Crippen LogP contribution in [0.2, 0.25) is 0 Å². The first-order chi connectivity index (χ1) is 16.9. The van der Waals surface area contributed by atoms with Crippen molar-refractivity contribution in [2.75, 3.05) is 52.6 Å². The van der Waals surface area contributed by atoms with Crippen molar-refractivity contribution in [3.63, 3.8) is 0 Å². The lowest BCUT2D eigenvalue weighted by molar-refractivity contribution is -0.136. The Morgan fingerprint density at radius 1 is 1.06 bits per heavy atom. The van der Waals surface area contributed by atoms with E-state index in [0.717, 1.165) is 53.8 Å². The first-order valence-corrected chi connectivity index (χ1v) is 13.6. The Labute approximate surface area is 213 Å². The number of benzene rings is 1. The van der Waals surface area contributed by atoms with Gasteiger partial charge in [0.15, 0.2) is 22.5 Å². The van der Waals surface area contributed by atoms with Gasteiger partial charge in [0.25, 0.3) is 5.91 Å². The number of aryl methyl sites for hydroxylation is 1. The number of urea groups is 1. The molecule has 0 saturated carbocycles. The number of hydrogen-bond donors (Lipinski definition) is 0. The third-order valence-corrected chi connectivity index (χ3v) is 8.61. The number of amides is 3. The van der Waals surface area contributed by atoms with Gasteiger partial charge in [0.1, 0.15) is 5.01 Å². The summed E-state index contributed by atoms with van der Waals surface area (Å²) in [7, 11) is 3.28. The highest BCUT2D eigenvalue weighted by atomic mass is 32.2. The van der Waals surface area contributed by atoms with Gasteiger partial charge >= 0.3 is 6.03 Å². The largest absolute Gasteiger partial charge is 0.340 e. The lowest BCUT2D eigenvalue weighted by atomic mass is 10.1. The summed E-state index contributed by atoms with van der Waals surface area (Å²) in [4.78, 5) is 40.3. The van der Waals surface area contributed by atoms with Crippen molar-refractivity contribution in [3.05, 3.63) is 40.9 Å². The number of aliphatic imine (C=N–C) groups is 1. The number of thioether (sulfide) groups is 1. The number of carbonyl (C=O) groups is 2. The molecular formula is C23H30N8O2S2. The van der Waals surface area contributed by atoms with E-state index in [1.54, 1.807) is 42.1 Å². The number of imide groups is 1. The van der Waals surface area contributed by atoms with Crippen LogP contribution in [0, 0.1) is 6.92 Å². The fourth-order valence-electron chi connectivity index (χ4n) is 4.77. The zero-order valence-corrected chi connectivity index (χ0v) is 21.8. The van der Waals surface area contributed by atoms with Crippen molar-refractivity contribution < 1.29 is 9.59 Å². The molecule has 3 aliphatic rings. The van der Waals surface area contributed by atoms with Gasteiger partial charge in [-0.25, -0.2) is 9.79 Å². The van der Waals surface area contributed by atoms with Crippen LogP contribution < -0.4 is 0 Å². The van der Waals surface area contributed by atoms with Gasteiger partial charge in [0.2, 0.25) is 0 Å². The Balaban J connectivity index is 1.30. The molecule has 12 heteroatoms. The second-order valence-corrected chi connectivity index (χ2v) is 11.5. The normalized spacial score (nSPS) is 23.2. The highest BCUT2D eigenvalue weighted by Crippen LogP contribution is 2.30. The Kier molecular flexibility index (Phi) is 6.94. The van der Waals surface area contributed by atoms with Crippen LogP contribution in [-0.2, 0) is 11.3 Å². The van der Waals surface area contributed by atoms with Gasteiger partial charge in [-0.2, -0.15) is 0 Å². The topological polar surface area (TPSA) is 88.5 Å². The molecule has 10 nitrogen and oxygen atoms in total. The Morgan fingerprint density at radius 3 is 2.49 bits per heavy atom. The van der Waals surface area contributed by atoms with Crippen LogP contribution in [0.5, 0.6) is 0 Å². The summed E-state index contributed by atoms with van der Waals surface area (Å²) in [5, 5.41) is 9.23. The van der Waals surface area contributed by atoms with Gasteiger partial charge in [-0.05, 0) is 12.5 Å². The Hall–Kier alpha value is -2.70. The minimum atomic E-state index is -0.503. The minimum Gasteiger partial charge on any atom is -0.340 e. The number of guanidine groups is 1. The molecule has 2 unspecified atom stereocenters. The summed E-state index contributed by atoms with van der Waals surface area (Å²) in [5.41, 5.74) is 1.31. The molecule has 1 aromatic carbocycles.